The summed E-state index contributed by atoms with van der Waals surface area (Å²) in [6.07, 6.45) is 3.65. The predicted octanol–water partition coefficient (Wildman–Crippen LogP) is 2.50. The number of amides is 2. The molecule has 27 heavy (non-hydrogen) atoms. The lowest BCUT2D eigenvalue weighted by molar-refractivity contribution is -0.132. The van der Waals surface area contributed by atoms with E-state index >= 15 is 0 Å². The molecule has 0 radical (unpaired) electrons. The second-order valence-electron chi connectivity index (χ2n) is 6.68. The fourth-order valence-corrected chi connectivity index (χ4v) is 3.88. The summed E-state index contributed by atoms with van der Waals surface area (Å²) in [5, 5.41) is 2.94. The van der Waals surface area contributed by atoms with Crippen molar-refractivity contribution in [3.63, 3.8) is 0 Å². The molecule has 0 aliphatic carbocycles. The van der Waals surface area contributed by atoms with E-state index < -0.39 is 0 Å². The summed E-state index contributed by atoms with van der Waals surface area (Å²) >= 11 is 1.32. The molecule has 1 fully saturated rings. The maximum absolute atomic E-state index is 12.6. The molecule has 1 N–H and O–H groups in total. The van der Waals surface area contributed by atoms with Crippen LogP contribution in [0.25, 0.3) is 11.1 Å². The Bertz CT molecular complexity index is 904. The number of oxazole rings is 1. The number of carbonyl (C=O) groups excluding carboxylic acids is 2. The molecule has 140 valence electrons. The van der Waals surface area contributed by atoms with Gasteiger partial charge in [0, 0.05) is 19.6 Å². The SMILES string of the molecule is O=C(NCC1CCCN(C(=O)Cc2nc3ccccc3o2)C1)c1cncs1. The van der Waals surface area contributed by atoms with Crippen molar-refractivity contribution < 1.29 is 14.0 Å². The minimum Gasteiger partial charge on any atom is -0.440 e. The average molecular weight is 384 g/mol. The first-order valence-electron chi connectivity index (χ1n) is 8.98. The van der Waals surface area contributed by atoms with Gasteiger partial charge in [0.05, 0.1) is 11.7 Å². The van der Waals surface area contributed by atoms with Crippen LogP contribution >= 0.6 is 11.3 Å². The third-order valence-corrected chi connectivity index (χ3v) is 5.49. The first-order valence-corrected chi connectivity index (χ1v) is 9.86. The van der Waals surface area contributed by atoms with Crippen molar-refractivity contribution in [3.8, 4) is 0 Å². The first kappa shape index (κ1) is 17.7. The zero-order chi connectivity index (χ0) is 18.6. The third kappa shape index (κ3) is 4.16. The van der Waals surface area contributed by atoms with Gasteiger partial charge in [0.1, 0.15) is 16.8 Å². The van der Waals surface area contributed by atoms with Crippen molar-refractivity contribution in [1.82, 2.24) is 20.2 Å². The van der Waals surface area contributed by atoms with Gasteiger partial charge in [-0.15, -0.1) is 11.3 Å². The molecule has 8 heteroatoms. The van der Waals surface area contributed by atoms with Gasteiger partial charge in [-0.3, -0.25) is 14.6 Å². The highest BCUT2D eigenvalue weighted by molar-refractivity contribution is 7.11. The number of hydrogen-bond acceptors (Lipinski definition) is 6. The lowest BCUT2D eigenvalue weighted by Gasteiger charge is -2.32. The summed E-state index contributed by atoms with van der Waals surface area (Å²) in [6.45, 7) is 1.93. The summed E-state index contributed by atoms with van der Waals surface area (Å²) in [4.78, 5) is 35.4. The number of nitrogens with one attached hydrogen (secondary N) is 1. The molecule has 1 aliphatic rings. The van der Waals surface area contributed by atoms with Gasteiger partial charge in [-0.2, -0.15) is 0 Å². The zero-order valence-corrected chi connectivity index (χ0v) is 15.6. The Balaban J connectivity index is 1.31. The third-order valence-electron chi connectivity index (χ3n) is 4.72. The summed E-state index contributed by atoms with van der Waals surface area (Å²) < 4.78 is 5.66. The highest BCUT2D eigenvalue weighted by Crippen LogP contribution is 2.19. The van der Waals surface area contributed by atoms with Gasteiger partial charge in [-0.05, 0) is 30.9 Å². The van der Waals surface area contributed by atoms with Crippen LogP contribution in [-0.4, -0.2) is 46.3 Å². The Morgan fingerprint density at radius 1 is 1.33 bits per heavy atom. The molecule has 4 rings (SSSR count). The largest absolute Gasteiger partial charge is 0.440 e. The second kappa shape index (κ2) is 7.87. The predicted molar refractivity (Wildman–Crippen MR) is 101 cm³/mol. The Kier molecular flexibility index (Phi) is 5.15. The minimum absolute atomic E-state index is 0.0139. The molecule has 0 spiro atoms. The summed E-state index contributed by atoms with van der Waals surface area (Å²) in [6, 6.07) is 7.50. The van der Waals surface area contributed by atoms with E-state index in [-0.39, 0.29) is 24.2 Å². The quantitative estimate of drug-likeness (QED) is 0.730. The summed E-state index contributed by atoms with van der Waals surface area (Å²) in [5.74, 6) is 0.609. The second-order valence-corrected chi connectivity index (χ2v) is 7.56. The molecule has 1 unspecified atom stereocenters. The fraction of sp³-hybridized carbons (Fsp3) is 0.368. The number of nitrogens with zero attached hydrogens (tertiary/aromatic N) is 3. The number of hydrogen-bond donors (Lipinski definition) is 1. The van der Waals surface area contributed by atoms with E-state index in [4.69, 9.17) is 4.42 Å². The van der Waals surface area contributed by atoms with Gasteiger partial charge < -0.3 is 14.6 Å². The smallest absolute Gasteiger partial charge is 0.263 e. The topological polar surface area (TPSA) is 88.3 Å². The number of benzene rings is 1. The van der Waals surface area contributed by atoms with E-state index in [9.17, 15) is 9.59 Å². The van der Waals surface area contributed by atoms with Crippen molar-refractivity contribution in [2.24, 2.45) is 5.92 Å². The van der Waals surface area contributed by atoms with Gasteiger partial charge in [-0.25, -0.2) is 4.98 Å². The van der Waals surface area contributed by atoms with E-state index in [1.165, 1.54) is 11.3 Å². The highest BCUT2D eigenvalue weighted by Gasteiger charge is 2.25. The number of aromatic nitrogens is 2. The lowest BCUT2D eigenvalue weighted by atomic mass is 9.97. The van der Waals surface area contributed by atoms with Crippen LogP contribution in [0.5, 0.6) is 0 Å². The van der Waals surface area contributed by atoms with Gasteiger partial charge >= 0.3 is 0 Å². The van der Waals surface area contributed by atoms with E-state index in [0.29, 0.717) is 29.4 Å². The minimum atomic E-state index is -0.104. The number of rotatable bonds is 5. The number of thiazole rings is 1. The van der Waals surface area contributed by atoms with E-state index in [1.54, 1.807) is 11.7 Å². The molecular weight excluding hydrogens is 364 g/mol. The normalized spacial score (nSPS) is 17.2. The lowest BCUT2D eigenvalue weighted by Crippen LogP contribution is -2.44. The molecule has 1 saturated heterocycles. The maximum atomic E-state index is 12.6. The van der Waals surface area contributed by atoms with Gasteiger partial charge in [0.25, 0.3) is 5.91 Å². The zero-order valence-electron chi connectivity index (χ0n) is 14.8. The van der Waals surface area contributed by atoms with Crippen molar-refractivity contribution in [2.45, 2.75) is 19.3 Å². The van der Waals surface area contributed by atoms with E-state index in [2.05, 4.69) is 15.3 Å². The number of likely N-dealkylation sites (tertiary alicyclic amines) is 1. The van der Waals surface area contributed by atoms with Crippen LogP contribution in [0.15, 0.2) is 40.4 Å². The Hall–Kier alpha value is -2.74. The van der Waals surface area contributed by atoms with Crippen LogP contribution in [0, 0.1) is 5.92 Å². The Labute approximate surface area is 160 Å². The van der Waals surface area contributed by atoms with Crippen LogP contribution in [0.2, 0.25) is 0 Å². The Morgan fingerprint density at radius 3 is 3.04 bits per heavy atom. The molecule has 2 amide bonds. The summed E-state index contributed by atoms with van der Waals surface area (Å²) in [5.41, 5.74) is 3.10. The molecule has 3 heterocycles. The van der Waals surface area contributed by atoms with Crippen LogP contribution in [0.4, 0.5) is 0 Å². The number of para-hydroxylation sites is 2. The van der Waals surface area contributed by atoms with Crippen LogP contribution in [0.3, 0.4) is 0 Å². The van der Waals surface area contributed by atoms with Crippen LogP contribution in [-0.2, 0) is 11.2 Å². The first-order chi connectivity index (χ1) is 13.2. The molecule has 0 bridgehead atoms. The van der Waals surface area contributed by atoms with E-state index in [0.717, 1.165) is 24.9 Å². The maximum Gasteiger partial charge on any atom is 0.263 e. The molecule has 2 aromatic heterocycles. The average Bonchev–Trinajstić information content (AvgIpc) is 3.35. The molecule has 1 atom stereocenters. The van der Waals surface area contributed by atoms with Gasteiger partial charge in [-0.1, -0.05) is 12.1 Å². The monoisotopic (exact) mass is 384 g/mol. The van der Waals surface area contributed by atoms with E-state index in [1.807, 2.05) is 29.2 Å². The highest BCUT2D eigenvalue weighted by atomic mass is 32.1. The fourth-order valence-electron chi connectivity index (χ4n) is 3.35. The van der Waals surface area contributed by atoms with Crippen molar-refractivity contribution in [1.29, 1.82) is 0 Å². The summed E-state index contributed by atoms with van der Waals surface area (Å²) in [7, 11) is 0. The molecular formula is C19H20N4O3S. The molecule has 7 nitrogen and oxygen atoms in total. The standard InChI is InChI=1S/C19H20N4O3S/c24-18(8-17-22-14-5-1-2-6-15(14)26-17)23-7-3-4-13(11-23)9-21-19(25)16-10-20-12-27-16/h1-2,5-6,10,12-13H,3-4,7-9,11H2,(H,21,25). The van der Waals surface area contributed by atoms with Crippen LogP contribution in [0.1, 0.15) is 28.4 Å². The number of carbonyl (C=O) groups is 2. The van der Waals surface area contributed by atoms with Crippen molar-refractivity contribution in [3.05, 3.63) is 46.7 Å². The van der Waals surface area contributed by atoms with Crippen molar-refractivity contribution >= 4 is 34.3 Å². The van der Waals surface area contributed by atoms with Gasteiger partial charge in [0.15, 0.2) is 5.58 Å². The molecule has 1 aliphatic heterocycles. The number of piperidine rings is 1. The molecule has 0 saturated carbocycles. The van der Waals surface area contributed by atoms with Gasteiger partial charge in [0.2, 0.25) is 11.8 Å². The van der Waals surface area contributed by atoms with Crippen LogP contribution < -0.4 is 5.32 Å². The number of fused-ring (bicyclic) bond motifs is 1. The molecule has 3 aromatic rings. The van der Waals surface area contributed by atoms with Crippen molar-refractivity contribution in [2.75, 3.05) is 19.6 Å². The molecule has 1 aromatic carbocycles. The Morgan fingerprint density at radius 2 is 2.22 bits per heavy atom.